The van der Waals surface area contributed by atoms with E-state index in [0.717, 1.165) is 11.1 Å². The van der Waals surface area contributed by atoms with Crippen molar-refractivity contribution in [1.29, 1.82) is 0 Å². The molecule has 10 heteroatoms. The fraction of sp³-hybridized carbons (Fsp3) is 0.520. The fourth-order valence-corrected chi connectivity index (χ4v) is 5.95. The van der Waals surface area contributed by atoms with E-state index in [2.05, 4.69) is 0 Å². The summed E-state index contributed by atoms with van der Waals surface area (Å²) in [5, 5.41) is 9.69. The van der Waals surface area contributed by atoms with Crippen LogP contribution in [0.5, 0.6) is 0 Å². The summed E-state index contributed by atoms with van der Waals surface area (Å²) in [6.45, 7) is 3.51. The second kappa shape index (κ2) is 10.8. The van der Waals surface area contributed by atoms with E-state index < -0.39 is 49.9 Å². The van der Waals surface area contributed by atoms with Crippen LogP contribution in [0.3, 0.4) is 0 Å². The molecule has 0 aliphatic carbocycles. The van der Waals surface area contributed by atoms with E-state index in [0.29, 0.717) is 0 Å². The van der Waals surface area contributed by atoms with Gasteiger partial charge in [0, 0.05) is 14.2 Å². The Labute approximate surface area is 205 Å². The SMILES string of the molecule is COP(=O)(OC)[C@](O)(COCc1ccccc1)[C@H]1O[C@@H]2OC(C)(C)O[C@@H]2[C@H]1OCc1ccccc1. The summed E-state index contributed by atoms with van der Waals surface area (Å²) in [5.41, 5.74) is 1.80. The van der Waals surface area contributed by atoms with Crippen molar-refractivity contribution < 1.29 is 42.4 Å². The molecule has 192 valence electrons. The predicted octanol–water partition coefficient (Wildman–Crippen LogP) is 3.84. The highest BCUT2D eigenvalue weighted by atomic mass is 31.2. The molecule has 1 N–H and O–H groups in total. The normalized spacial score (nSPS) is 27.5. The van der Waals surface area contributed by atoms with Crippen molar-refractivity contribution in [3.8, 4) is 0 Å². The van der Waals surface area contributed by atoms with Crippen molar-refractivity contribution in [1.82, 2.24) is 0 Å². The average Bonchev–Trinajstić information content (AvgIpc) is 3.35. The Morgan fingerprint density at radius 2 is 1.51 bits per heavy atom. The molecule has 2 heterocycles. The molecule has 0 spiro atoms. The zero-order valence-corrected chi connectivity index (χ0v) is 21.3. The van der Waals surface area contributed by atoms with Crippen LogP contribution in [-0.2, 0) is 50.5 Å². The van der Waals surface area contributed by atoms with Gasteiger partial charge in [-0.25, -0.2) is 0 Å². The van der Waals surface area contributed by atoms with Crippen LogP contribution in [0.4, 0.5) is 0 Å². The molecule has 2 fully saturated rings. The molecule has 2 aliphatic rings. The van der Waals surface area contributed by atoms with E-state index in [4.69, 9.17) is 32.7 Å². The third-order valence-corrected chi connectivity index (χ3v) is 8.41. The molecule has 35 heavy (non-hydrogen) atoms. The second-order valence-electron chi connectivity index (χ2n) is 9.01. The molecular weight excluding hydrogens is 475 g/mol. The summed E-state index contributed by atoms with van der Waals surface area (Å²) in [4.78, 5) is 0. The van der Waals surface area contributed by atoms with Gasteiger partial charge in [0.1, 0.15) is 18.3 Å². The Bertz CT molecular complexity index is 995. The van der Waals surface area contributed by atoms with Crippen LogP contribution in [0.25, 0.3) is 0 Å². The van der Waals surface area contributed by atoms with Crippen LogP contribution in [-0.4, -0.2) is 61.7 Å². The molecule has 0 saturated carbocycles. The minimum absolute atomic E-state index is 0.172. The molecule has 5 atom stereocenters. The largest absolute Gasteiger partial charge is 0.374 e. The zero-order chi connectivity index (χ0) is 25.1. The van der Waals surface area contributed by atoms with E-state index in [1.54, 1.807) is 13.8 Å². The van der Waals surface area contributed by atoms with E-state index in [1.165, 1.54) is 14.2 Å². The number of aliphatic hydroxyl groups is 1. The quantitative estimate of drug-likeness (QED) is 0.454. The van der Waals surface area contributed by atoms with E-state index in [9.17, 15) is 9.67 Å². The molecule has 4 rings (SSSR count). The molecule has 9 nitrogen and oxygen atoms in total. The standard InChI is InChI=1S/C25H33O9P/c1-24(2)33-21-20(31-16-19-13-9-6-10-14-19)22(32-23(21)34-24)25(26,35(27,28-3)29-4)17-30-15-18-11-7-5-8-12-18/h5-14,20-23,26H,15-17H2,1-4H3/t20-,21-,22+,23-,25-/m1/s1. The van der Waals surface area contributed by atoms with E-state index in [-0.39, 0.29) is 13.2 Å². The summed E-state index contributed by atoms with van der Waals surface area (Å²) in [7, 11) is -1.75. The molecule has 0 aromatic heterocycles. The monoisotopic (exact) mass is 508 g/mol. The lowest BCUT2D eigenvalue weighted by molar-refractivity contribution is -0.240. The Hall–Kier alpha value is -1.65. The number of hydrogen-bond donors (Lipinski definition) is 1. The lowest BCUT2D eigenvalue weighted by Gasteiger charge is -2.39. The van der Waals surface area contributed by atoms with Crippen molar-refractivity contribution in [2.45, 2.75) is 62.8 Å². The minimum Gasteiger partial charge on any atom is -0.374 e. The molecule has 2 aromatic rings. The van der Waals surface area contributed by atoms with Crippen LogP contribution in [0, 0.1) is 0 Å². The van der Waals surface area contributed by atoms with Crippen LogP contribution < -0.4 is 0 Å². The maximum absolute atomic E-state index is 13.7. The van der Waals surface area contributed by atoms with Gasteiger partial charge in [0.2, 0.25) is 5.34 Å². The molecular formula is C25H33O9P. The highest BCUT2D eigenvalue weighted by Crippen LogP contribution is 2.62. The molecule has 2 saturated heterocycles. The van der Waals surface area contributed by atoms with Crippen LogP contribution in [0.1, 0.15) is 25.0 Å². The van der Waals surface area contributed by atoms with Gasteiger partial charge in [-0.1, -0.05) is 60.7 Å². The third-order valence-electron chi connectivity index (χ3n) is 6.11. The molecule has 0 unspecified atom stereocenters. The number of ether oxygens (including phenoxy) is 5. The van der Waals surface area contributed by atoms with Crippen LogP contribution in [0.2, 0.25) is 0 Å². The van der Waals surface area contributed by atoms with Crippen molar-refractivity contribution in [3.63, 3.8) is 0 Å². The van der Waals surface area contributed by atoms with Crippen molar-refractivity contribution in [2.75, 3.05) is 20.8 Å². The van der Waals surface area contributed by atoms with Gasteiger partial charge in [0.15, 0.2) is 12.1 Å². The number of rotatable bonds is 11. The third kappa shape index (κ3) is 5.54. The first-order valence-corrected chi connectivity index (χ1v) is 13.0. The summed E-state index contributed by atoms with van der Waals surface area (Å²) in [5.74, 6) is -0.914. The van der Waals surface area contributed by atoms with Gasteiger partial charge < -0.3 is 37.8 Å². The fourth-order valence-electron chi connectivity index (χ4n) is 4.40. The highest BCUT2D eigenvalue weighted by Gasteiger charge is 2.67. The van der Waals surface area contributed by atoms with Gasteiger partial charge in [-0.2, -0.15) is 0 Å². The number of fused-ring (bicyclic) bond motifs is 1. The van der Waals surface area contributed by atoms with Crippen LogP contribution >= 0.6 is 7.60 Å². The Morgan fingerprint density at radius 3 is 2.09 bits per heavy atom. The van der Waals surface area contributed by atoms with Gasteiger partial charge in [0.25, 0.3) is 0 Å². The Balaban J connectivity index is 1.61. The lowest BCUT2D eigenvalue weighted by Crippen LogP contribution is -2.54. The molecule has 2 aliphatic heterocycles. The topological polar surface area (TPSA) is 102 Å². The number of hydrogen-bond acceptors (Lipinski definition) is 9. The summed E-state index contributed by atoms with van der Waals surface area (Å²) >= 11 is 0. The van der Waals surface area contributed by atoms with Gasteiger partial charge in [-0.05, 0) is 25.0 Å². The Morgan fingerprint density at radius 1 is 0.943 bits per heavy atom. The number of benzene rings is 2. The molecule has 2 aromatic carbocycles. The minimum atomic E-state index is -4.16. The van der Waals surface area contributed by atoms with E-state index in [1.807, 2.05) is 60.7 Å². The maximum atomic E-state index is 13.7. The highest BCUT2D eigenvalue weighted by molar-refractivity contribution is 7.55. The first-order chi connectivity index (χ1) is 16.7. The first kappa shape index (κ1) is 26.4. The molecule has 0 radical (unpaired) electrons. The van der Waals surface area contributed by atoms with Gasteiger partial charge >= 0.3 is 7.60 Å². The maximum Gasteiger partial charge on any atom is 0.366 e. The first-order valence-electron chi connectivity index (χ1n) is 11.4. The second-order valence-corrected chi connectivity index (χ2v) is 11.5. The predicted molar refractivity (Wildman–Crippen MR) is 126 cm³/mol. The molecule has 0 amide bonds. The van der Waals surface area contributed by atoms with Crippen molar-refractivity contribution >= 4 is 7.60 Å². The van der Waals surface area contributed by atoms with E-state index >= 15 is 0 Å². The van der Waals surface area contributed by atoms with Gasteiger partial charge in [-0.3, -0.25) is 4.57 Å². The van der Waals surface area contributed by atoms with Gasteiger partial charge in [0.05, 0.1) is 19.8 Å². The zero-order valence-electron chi connectivity index (χ0n) is 20.4. The Kier molecular flexibility index (Phi) is 8.12. The van der Waals surface area contributed by atoms with Crippen LogP contribution in [0.15, 0.2) is 60.7 Å². The summed E-state index contributed by atoms with van der Waals surface area (Å²) < 4.78 is 54.2. The smallest absolute Gasteiger partial charge is 0.366 e. The average molecular weight is 509 g/mol. The lowest BCUT2D eigenvalue weighted by atomic mass is 10.0. The van der Waals surface area contributed by atoms with Crippen molar-refractivity contribution in [3.05, 3.63) is 71.8 Å². The molecule has 0 bridgehead atoms. The summed E-state index contributed by atoms with van der Waals surface area (Å²) in [6, 6.07) is 19.0. The summed E-state index contributed by atoms with van der Waals surface area (Å²) in [6.07, 6.45) is -3.58. The van der Waals surface area contributed by atoms with Gasteiger partial charge in [-0.15, -0.1) is 0 Å². The van der Waals surface area contributed by atoms with Crippen molar-refractivity contribution in [2.24, 2.45) is 0 Å².